The van der Waals surface area contributed by atoms with Crippen molar-refractivity contribution in [2.45, 2.75) is 13.3 Å². The van der Waals surface area contributed by atoms with Crippen LogP contribution in [-0.4, -0.2) is 26.8 Å². The Morgan fingerprint density at radius 1 is 1.29 bits per heavy atom. The van der Waals surface area contributed by atoms with Crippen molar-refractivity contribution < 1.29 is 4.79 Å². The lowest BCUT2D eigenvalue weighted by atomic mass is 10.1. The molecular formula is C19H18N4O. The zero-order valence-electron chi connectivity index (χ0n) is 13.4. The third-order valence-electron chi connectivity index (χ3n) is 4.36. The first kappa shape index (κ1) is 14.5. The van der Waals surface area contributed by atoms with E-state index in [9.17, 15) is 4.79 Å². The van der Waals surface area contributed by atoms with E-state index in [1.165, 1.54) is 10.9 Å². The van der Waals surface area contributed by atoms with Crippen LogP contribution in [-0.2, 0) is 6.42 Å². The Bertz CT molecular complexity index is 1030. The summed E-state index contributed by atoms with van der Waals surface area (Å²) >= 11 is 0. The fourth-order valence-electron chi connectivity index (χ4n) is 3.12. The third-order valence-corrected chi connectivity index (χ3v) is 4.36. The minimum absolute atomic E-state index is 0.0591. The number of nitrogens with zero attached hydrogens (tertiary/aromatic N) is 2. The second-order valence-electron chi connectivity index (χ2n) is 5.92. The first-order chi connectivity index (χ1) is 11.7. The van der Waals surface area contributed by atoms with Gasteiger partial charge in [0.05, 0.1) is 18.0 Å². The summed E-state index contributed by atoms with van der Waals surface area (Å²) in [6.45, 7) is 2.68. The van der Waals surface area contributed by atoms with E-state index in [2.05, 4.69) is 34.3 Å². The van der Waals surface area contributed by atoms with Crippen LogP contribution in [0.25, 0.3) is 16.4 Å². The van der Waals surface area contributed by atoms with Crippen molar-refractivity contribution in [2.75, 3.05) is 6.54 Å². The van der Waals surface area contributed by atoms with Crippen molar-refractivity contribution in [3.05, 3.63) is 71.9 Å². The highest BCUT2D eigenvalue weighted by molar-refractivity contribution is 5.95. The molecule has 0 radical (unpaired) electrons. The van der Waals surface area contributed by atoms with Crippen LogP contribution in [0.5, 0.6) is 0 Å². The maximum atomic E-state index is 12.3. The zero-order chi connectivity index (χ0) is 16.5. The highest BCUT2D eigenvalue weighted by atomic mass is 16.1. The first-order valence-electron chi connectivity index (χ1n) is 7.98. The molecule has 3 heterocycles. The average molecular weight is 318 g/mol. The molecule has 1 aromatic carbocycles. The molecule has 24 heavy (non-hydrogen) atoms. The topological polar surface area (TPSA) is 62.2 Å². The van der Waals surface area contributed by atoms with Gasteiger partial charge < -0.3 is 14.7 Å². The fraction of sp³-hybridized carbons (Fsp3) is 0.158. The van der Waals surface area contributed by atoms with Gasteiger partial charge in [-0.3, -0.25) is 4.79 Å². The summed E-state index contributed by atoms with van der Waals surface area (Å²) in [6.07, 6.45) is 6.11. The average Bonchev–Trinajstić information content (AvgIpc) is 3.18. The number of fused-ring (bicyclic) bond motifs is 2. The smallest absolute Gasteiger partial charge is 0.251 e. The zero-order valence-corrected chi connectivity index (χ0v) is 13.4. The lowest BCUT2D eigenvalue weighted by Gasteiger charge is -2.06. The van der Waals surface area contributed by atoms with Gasteiger partial charge in [0, 0.05) is 34.9 Å². The molecular weight excluding hydrogens is 300 g/mol. The largest absolute Gasteiger partial charge is 0.358 e. The van der Waals surface area contributed by atoms with E-state index in [1.807, 2.05) is 28.8 Å². The maximum Gasteiger partial charge on any atom is 0.251 e. The quantitative estimate of drug-likeness (QED) is 0.607. The van der Waals surface area contributed by atoms with Gasteiger partial charge in [-0.2, -0.15) is 0 Å². The van der Waals surface area contributed by atoms with Crippen LogP contribution in [0.3, 0.4) is 0 Å². The number of benzene rings is 1. The minimum atomic E-state index is -0.0591. The Labute approximate surface area is 139 Å². The monoisotopic (exact) mass is 318 g/mol. The van der Waals surface area contributed by atoms with E-state index in [0.717, 1.165) is 23.1 Å². The number of aromatic amines is 1. The second-order valence-corrected chi connectivity index (χ2v) is 5.92. The number of rotatable bonds is 4. The molecule has 120 valence electrons. The van der Waals surface area contributed by atoms with Gasteiger partial charge in [-0.25, -0.2) is 4.98 Å². The molecule has 0 saturated heterocycles. The first-order valence-corrected chi connectivity index (χ1v) is 7.98. The number of amides is 1. The molecule has 5 heteroatoms. The summed E-state index contributed by atoms with van der Waals surface area (Å²) in [5.41, 5.74) is 5.12. The van der Waals surface area contributed by atoms with Gasteiger partial charge in [-0.15, -0.1) is 0 Å². The summed E-state index contributed by atoms with van der Waals surface area (Å²) in [4.78, 5) is 19.8. The lowest BCUT2D eigenvalue weighted by Crippen LogP contribution is -2.25. The Hall–Kier alpha value is -3.08. The summed E-state index contributed by atoms with van der Waals surface area (Å²) in [5, 5.41) is 4.23. The number of para-hydroxylation sites is 1. The molecule has 0 aliphatic rings. The van der Waals surface area contributed by atoms with E-state index in [4.69, 9.17) is 0 Å². The van der Waals surface area contributed by atoms with Gasteiger partial charge in [0.25, 0.3) is 5.91 Å². The summed E-state index contributed by atoms with van der Waals surface area (Å²) in [5.74, 6) is -0.0591. The Kier molecular flexibility index (Phi) is 3.54. The van der Waals surface area contributed by atoms with Crippen molar-refractivity contribution in [3.63, 3.8) is 0 Å². The highest BCUT2D eigenvalue weighted by Crippen LogP contribution is 2.21. The van der Waals surface area contributed by atoms with Crippen LogP contribution in [0.2, 0.25) is 0 Å². The maximum absolute atomic E-state index is 12.3. The van der Waals surface area contributed by atoms with Gasteiger partial charge in [-0.1, -0.05) is 18.2 Å². The van der Waals surface area contributed by atoms with Gasteiger partial charge in [0.2, 0.25) is 0 Å². The number of carbonyl (C=O) groups excluding carboxylic acids is 1. The highest BCUT2D eigenvalue weighted by Gasteiger charge is 2.10. The molecule has 0 saturated carbocycles. The van der Waals surface area contributed by atoms with Gasteiger partial charge in [0.15, 0.2) is 0 Å². The predicted molar refractivity (Wildman–Crippen MR) is 94.3 cm³/mol. The molecule has 3 aromatic heterocycles. The molecule has 1 amide bonds. The van der Waals surface area contributed by atoms with Crippen LogP contribution in [0.1, 0.15) is 21.6 Å². The number of nitrogens with one attached hydrogen (secondary N) is 2. The van der Waals surface area contributed by atoms with Crippen molar-refractivity contribution in [1.29, 1.82) is 0 Å². The summed E-state index contributed by atoms with van der Waals surface area (Å²) < 4.78 is 1.88. The fourth-order valence-corrected chi connectivity index (χ4v) is 3.12. The van der Waals surface area contributed by atoms with E-state index >= 15 is 0 Å². The van der Waals surface area contributed by atoms with Crippen LogP contribution in [0, 0.1) is 6.92 Å². The van der Waals surface area contributed by atoms with Gasteiger partial charge >= 0.3 is 0 Å². The molecule has 0 spiro atoms. The van der Waals surface area contributed by atoms with Crippen LogP contribution < -0.4 is 5.32 Å². The molecule has 0 bridgehead atoms. The second kappa shape index (κ2) is 5.85. The molecule has 5 nitrogen and oxygen atoms in total. The van der Waals surface area contributed by atoms with Crippen molar-refractivity contribution >= 4 is 22.3 Å². The normalized spacial score (nSPS) is 11.2. The number of pyridine rings is 1. The SMILES string of the molecule is Cc1[nH]c2ccccc2c1CCNC(=O)c1ccn2cncc2c1. The molecule has 0 unspecified atom stereocenters. The van der Waals surface area contributed by atoms with Crippen molar-refractivity contribution in [2.24, 2.45) is 0 Å². The molecule has 0 aliphatic heterocycles. The van der Waals surface area contributed by atoms with Gasteiger partial charge in [0.1, 0.15) is 0 Å². The number of H-pyrrole nitrogens is 1. The van der Waals surface area contributed by atoms with E-state index in [1.54, 1.807) is 18.6 Å². The molecule has 4 aromatic rings. The third kappa shape index (κ3) is 2.54. The molecule has 0 aliphatic carbocycles. The lowest BCUT2D eigenvalue weighted by molar-refractivity contribution is 0.0954. The Balaban J connectivity index is 1.46. The van der Waals surface area contributed by atoms with Crippen molar-refractivity contribution in [1.82, 2.24) is 19.7 Å². The summed E-state index contributed by atoms with van der Waals surface area (Å²) in [6, 6.07) is 11.9. The number of hydrogen-bond donors (Lipinski definition) is 2. The van der Waals surface area contributed by atoms with Crippen LogP contribution >= 0.6 is 0 Å². The molecule has 0 atom stereocenters. The number of aryl methyl sites for hydroxylation is 1. The number of imidazole rings is 1. The van der Waals surface area contributed by atoms with Crippen LogP contribution in [0.4, 0.5) is 0 Å². The van der Waals surface area contributed by atoms with Gasteiger partial charge in [-0.05, 0) is 37.1 Å². The van der Waals surface area contributed by atoms with E-state index in [0.29, 0.717) is 12.1 Å². The summed E-state index contributed by atoms with van der Waals surface area (Å²) in [7, 11) is 0. The number of aromatic nitrogens is 3. The Morgan fingerprint density at radius 3 is 3.08 bits per heavy atom. The van der Waals surface area contributed by atoms with Crippen LogP contribution in [0.15, 0.2) is 55.1 Å². The van der Waals surface area contributed by atoms with Crippen molar-refractivity contribution in [3.8, 4) is 0 Å². The predicted octanol–water partition coefficient (Wildman–Crippen LogP) is 3.10. The Morgan fingerprint density at radius 2 is 2.17 bits per heavy atom. The van der Waals surface area contributed by atoms with E-state index in [-0.39, 0.29) is 5.91 Å². The molecule has 4 rings (SSSR count). The standard InChI is InChI=1S/C19H18N4O/c1-13-16(17-4-2-3-5-18(17)22-13)6-8-21-19(24)14-7-9-23-12-20-11-15(23)10-14/h2-5,7,9-12,22H,6,8H2,1H3,(H,21,24). The number of hydrogen-bond acceptors (Lipinski definition) is 2. The molecule has 0 fully saturated rings. The number of carbonyl (C=O) groups is 1. The molecule has 2 N–H and O–H groups in total. The van der Waals surface area contributed by atoms with E-state index < -0.39 is 0 Å². The minimum Gasteiger partial charge on any atom is -0.358 e.